The summed E-state index contributed by atoms with van der Waals surface area (Å²) in [7, 11) is 0. The molecule has 0 aliphatic rings. The molecule has 0 amide bonds. The Kier molecular flexibility index (Phi) is 4.85. The number of nitrogens with zero attached hydrogens (tertiary/aromatic N) is 1. The number of hydrogen-bond donors (Lipinski definition) is 0. The predicted octanol–water partition coefficient (Wildman–Crippen LogP) is 5.41. The van der Waals surface area contributed by atoms with Gasteiger partial charge < -0.3 is 0 Å². The first-order chi connectivity index (χ1) is 6.83. The summed E-state index contributed by atoms with van der Waals surface area (Å²) in [6.07, 6.45) is 0. The standard InChI is InChI=1S/C8H3Cl6N/c9-5-2-1-4(3-6(5)10)8(13,14)15-7(11)12/h1-3H. The fourth-order valence-electron chi connectivity index (χ4n) is 0.854. The molecule has 0 N–H and O–H groups in total. The van der Waals surface area contributed by atoms with Gasteiger partial charge in [-0.3, -0.25) is 0 Å². The average molecular weight is 326 g/mol. The fraction of sp³-hybridized carbons (Fsp3) is 0.125. The third kappa shape index (κ3) is 3.85. The highest BCUT2D eigenvalue weighted by molar-refractivity contribution is 6.95. The van der Waals surface area contributed by atoms with Crippen molar-refractivity contribution in [3.63, 3.8) is 0 Å². The minimum Gasteiger partial charge on any atom is -0.219 e. The molecule has 0 fully saturated rings. The SMILES string of the molecule is ClC(Cl)=NC(Cl)(Cl)c1ccc(Cl)c(Cl)c1. The maximum atomic E-state index is 5.89. The third-order valence-electron chi connectivity index (χ3n) is 1.49. The van der Waals surface area contributed by atoms with Crippen molar-refractivity contribution in [2.45, 2.75) is 4.46 Å². The van der Waals surface area contributed by atoms with Crippen LogP contribution in [0.3, 0.4) is 0 Å². The van der Waals surface area contributed by atoms with Crippen LogP contribution in [0.1, 0.15) is 5.56 Å². The number of benzene rings is 1. The molecule has 0 aliphatic carbocycles. The molecule has 0 saturated heterocycles. The lowest BCUT2D eigenvalue weighted by molar-refractivity contribution is 0.925. The lowest BCUT2D eigenvalue weighted by Crippen LogP contribution is -2.07. The van der Waals surface area contributed by atoms with E-state index in [2.05, 4.69) is 4.99 Å². The Hall–Kier alpha value is 0.630. The van der Waals surface area contributed by atoms with Gasteiger partial charge in [-0.2, -0.15) is 0 Å². The van der Waals surface area contributed by atoms with Crippen LogP contribution in [-0.2, 0) is 4.46 Å². The van der Waals surface area contributed by atoms with Gasteiger partial charge in [0.2, 0.25) is 4.46 Å². The van der Waals surface area contributed by atoms with E-state index in [0.29, 0.717) is 15.6 Å². The van der Waals surface area contributed by atoms with Gasteiger partial charge in [0.15, 0.2) is 4.63 Å². The van der Waals surface area contributed by atoms with Crippen molar-refractivity contribution < 1.29 is 0 Å². The lowest BCUT2D eigenvalue weighted by atomic mass is 10.2. The van der Waals surface area contributed by atoms with E-state index in [-0.39, 0.29) is 4.63 Å². The highest BCUT2D eigenvalue weighted by Gasteiger charge is 2.26. The normalized spacial score (nSPS) is 11.3. The maximum absolute atomic E-state index is 5.89. The van der Waals surface area contributed by atoms with Crippen LogP contribution < -0.4 is 0 Å². The Labute approximate surface area is 117 Å². The smallest absolute Gasteiger partial charge is 0.219 e. The number of rotatable bonds is 2. The number of halogens is 6. The van der Waals surface area contributed by atoms with Crippen LogP contribution in [0.2, 0.25) is 10.0 Å². The van der Waals surface area contributed by atoms with E-state index < -0.39 is 4.46 Å². The van der Waals surface area contributed by atoms with E-state index in [1.165, 1.54) is 6.07 Å². The van der Waals surface area contributed by atoms with Gasteiger partial charge in [-0.1, -0.05) is 52.5 Å². The Bertz CT molecular complexity index is 396. The maximum Gasteiger partial charge on any atom is 0.235 e. The van der Waals surface area contributed by atoms with Crippen LogP contribution in [-0.4, -0.2) is 4.63 Å². The monoisotopic (exact) mass is 323 g/mol. The van der Waals surface area contributed by atoms with Crippen molar-refractivity contribution in [3.05, 3.63) is 33.8 Å². The Morgan fingerprint density at radius 3 is 2.13 bits per heavy atom. The minimum atomic E-state index is -1.58. The van der Waals surface area contributed by atoms with Gasteiger partial charge in [0.25, 0.3) is 0 Å². The second-order valence-corrected chi connectivity index (χ2v) is 5.53. The predicted molar refractivity (Wildman–Crippen MR) is 69.0 cm³/mol. The van der Waals surface area contributed by atoms with Crippen molar-refractivity contribution >= 4 is 74.2 Å². The largest absolute Gasteiger partial charge is 0.235 e. The molecular weight excluding hydrogens is 323 g/mol. The highest BCUT2D eigenvalue weighted by atomic mass is 35.5. The summed E-state index contributed by atoms with van der Waals surface area (Å²) >= 11 is 34.0. The van der Waals surface area contributed by atoms with Crippen LogP contribution in [0.4, 0.5) is 0 Å². The summed E-state index contributed by atoms with van der Waals surface area (Å²) in [5.74, 6) is 0. The third-order valence-corrected chi connectivity index (χ3v) is 3.01. The fourth-order valence-corrected chi connectivity index (χ4v) is 1.98. The van der Waals surface area contributed by atoms with E-state index in [1.807, 2.05) is 0 Å². The molecule has 1 aromatic carbocycles. The topological polar surface area (TPSA) is 12.4 Å². The molecule has 82 valence electrons. The molecule has 0 aliphatic heterocycles. The van der Waals surface area contributed by atoms with Gasteiger partial charge in [-0.05, 0) is 35.3 Å². The second kappa shape index (κ2) is 5.31. The number of hydrogen-bond acceptors (Lipinski definition) is 1. The Balaban J connectivity index is 3.16. The molecule has 0 unspecified atom stereocenters. The molecule has 0 spiro atoms. The molecule has 1 rings (SSSR count). The molecule has 0 bridgehead atoms. The van der Waals surface area contributed by atoms with Crippen molar-refractivity contribution in [2.75, 3.05) is 0 Å². The van der Waals surface area contributed by atoms with E-state index >= 15 is 0 Å². The van der Waals surface area contributed by atoms with Gasteiger partial charge in [0.05, 0.1) is 10.0 Å². The first kappa shape index (κ1) is 13.7. The highest BCUT2D eigenvalue weighted by Crippen LogP contribution is 2.38. The van der Waals surface area contributed by atoms with Crippen molar-refractivity contribution in [2.24, 2.45) is 4.99 Å². The van der Waals surface area contributed by atoms with E-state index in [1.54, 1.807) is 12.1 Å². The van der Waals surface area contributed by atoms with Gasteiger partial charge in [0, 0.05) is 5.56 Å². The Morgan fingerprint density at radius 1 is 1.07 bits per heavy atom. The zero-order valence-corrected chi connectivity index (χ0v) is 11.5. The lowest BCUT2D eigenvalue weighted by Gasteiger charge is -2.15. The quantitative estimate of drug-likeness (QED) is 0.391. The molecule has 0 saturated carbocycles. The molecule has 1 nitrogen and oxygen atoms in total. The summed E-state index contributed by atoms with van der Waals surface area (Å²) in [6.45, 7) is 0. The van der Waals surface area contributed by atoms with Crippen molar-refractivity contribution in [1.29, 1.82) is 0 Å². The van der Waals surface area contributed by atoms with Crippen LogP contribution in [0, 0.1) is 0 Å². The molecule has 0 atom stereocenters. The van der Waals surface area contributed by atoms with Crippen LogP contribution in [0.15, 0.2) is 23.2 Å². The van der Waals surface area contributed by atoms with Gasteiger partial charge >= 0.3 is 0 Å². The van der Waals surface area contributed by atoms with Crippen LogP contribution in [0.25, 0.3) is 0 Å². The Morgan fingerprint density at radius 2 is 1.67 bits per heavy atom. The minimum absolute atomic E-state index is 0.272. The average Bonchev–Trinajstić information content (AvgIpc) is 2.07. The summed E-state index contributed by atoms with van der Waals surface area (Å²) in [4.78, 5) is 3.63. The van der Waals surface area contributed by atoms with E-state index in [4.69, 9.17) is 69.6 Å². The number of aliphatic imine (C=N–C) groups is 1. The van der Waals surface area contributed by atoms with Gasteiger partial charge in [-0.15, -0.1) is 0 Å². The zero-order valence-electron chi connectivity index (χ0n) is 6.95. The molecule has 1 aromatic rings. The zero-order chi connectivity index (χ0) is 11.6. The van der Waals surface area contributed by atoms with Gasteiger partial charge in [-0.25, -0.2) is 4.99 Å². The first-order valence-electron chi connectivity index (χ1n) is 3.57. The molecule has 0 radical (unpaired) electrons. The van der Waals surface area contributed by atoms with Crippen LogP contribution >= 0.6 is 69.6 Å². The summed E-state index contributed by atoms with van der Waals surface area (Å²) in [5.41, 5.74) is 0.430. The molecule has 0 heterocycles. The molecule has 15 heavy (non-hydrogen) atoms. The van der Waals surface area contributed by atoms with Crippen molar-refractivity contribution in [1.82, 2.24) is 0 Å². The van der Waals surface area contributed by atoms with Gasteiger partial charge in [0.1, 0.15) is 0 Å². The van der Waals surface area contributed by atoms with E-state index in [0.717, 1.165) is 0 Å². The first-order valence-corrected chi connectivity index (χ1v) is 5.84. The van der Waals surface area contributed by atoms with Crippen LogP contribution in [0.5, 0.6) is 0 Å². The van der Waals surface area contributed by atoms with Crippen molar-refractivity contribution in [3.8, 4) is 0 Å². The molecule has 7 heteroatoms. The summed E-state index contributed by atoms with van der Waals surface area (Å²) in [5, 5.41) is 0.714. The molecular formula is C8H3Cl6N. The summed E-state index contributed by atoms with van der Waals surface area (Å²) < 4.78 is -1.85. The second-order valence-electron chi connectivity index (χ2n) is 2.52. The number of alkyl halides is 2. The molecule has 0 aromatic heterocycles. The van der Waals surface area contributed by atoms with E-state index in [9.17, 15) is 0 Å². The summed E-state index contributed by atoms with van der Waals surface area (Å²) in [6, 6.07) is 4.62.